The van der Waals surface area contributed by atoms with E-state index in [-0.39, 0.29) is 18.0 Å². The van der Waals surface area contributed by atoms with Crippen LogP contribution >= 0.6 is 0 Å². The molecule has 2 rings (SSSR count). The van der Waals surface area contributed by atoms with E-state index < -0.39 is 0 Å². The number of nitrogens with zero attached hydrogens (tertiary/aromatic N) is 2. The van der Waals surface area contributed by atoms with Crippen molar-refractivity contribution in [2.24, 2.45) is 0 Å². The van der Waals surface area contributed by atoms with Gasteiger partial charge in [0.1, 0.15) is 6.04 Å². The summed E-state index contributed by atoms with van der Waals surface area (Å²) in [5.41, 5.74) is 1.95. The summed E-state index contributed by atoms with van der Waals surface area (Å²) in [5, 5.41) is 8.49. The first-order valence-electron chi connectivity index (χ1n) is 6.25. The number of aryl methyl sites for hydroxylation is 1. The Kier molecular flexibility index (Phi) is 3.36. The average Bonchev–Trinajstić information content (AvgIpc) is 2.66. The van der Waals surface area contributed by atoms with Crippen LogP contribution in [0.4, 0.5) is 0 Å². The first kappa shape index (κ1) is 12.6. The Morgan fingerprint density at radius 3 is 2.61 bits per heavy atom. The second-order valence-corrected chi connectivity index (χ2v) is 4.89. The molecule has 1 atom stereocenters. The number of carbonyl (C=O) groups excluding carboxylic acids is 1. The summed E-state index contributed by atoms with van der Waals surface area (Å²) in [7, 11) is 0. The smallest absolute Gasteiger partial charge is 0.244 e. The second-order valence-electron chi connectivity index (χ2n) is 4.89. The van der Waals surface area contributed by atoms with Crippen molar-refractivity contribution in [3.63, 3.8) is 0 Å². The number of para-hydroxylation sites is 1. The zero-order valence-corrected chi connectivity index (χ0v) is 11.3. The Labute approximate surface area is 107 Å². The van der Waals surface area contributed by atoms with Gasteiger partial charge in [-0.3, -0.25) is 9.48 Å². The molecule has 0 fully saturated rings. The molecular formula is C14H19N3O. The fourth-order valence-corrected chi connectivity index (χ4v) is 2.06. The van der Waals surface area contributed by atoms with Crippen LogP contribution in [-0.2, 0) is 4.79 Å². The lowest BCUT2D eigenvalue weighted by molar-refractivity contribution is -0.124. The van der Waals surface area contributed by atoms with Gasteiger partial charge in [-0.2, -0.15) is 5.10 Å². The highest BCUT2D eigenvalue weighted by molar-refractivity contribution is 5.86. The quantitative estimate of drug-likeness (QED) is 0.902. The third-order valence-corrected chi connectivity index (χ3v) is 2.98. The standard InChI is InChI=1S/C14H19N3O/c1-9(2)15-14(18)11(4)17-13-8-6-5-7-12(13)10(3)16-17/h5-9,11H,1-4H3,(H,15,18)/t11-/m1/s1. The number of fused-ring (bicyclic) bond motifs is 1. The van der Waals surface area contributed by atoms with Gasteiger partial charge in [-0.15, -0.1) is 0 Å². The molecule has 0 saturated carbocycles. The van der Waals surface area contributed by atoms with Crippen LogP contribution in [0, 0.1) is 6.92 Å². The molecule has 0 saturated heterocycles. The van der Waals surface area contributed by atoms with Crippen molar-refractivity contribution in [1.29, 1.82) is 0 Å². The van der Waals surface area contributed by atoms with E-state index in [1.54, 1.807) is 4.68 Å². The van der Waals surface area contributed by atoms with E-state index in [4.69, 9.17) is 0 Å². The second kappa shape index (κ2) is 4.80. The molecule has 4 heteroatoms. The molecule has 18 heavy (non-hydrogen) atoms. The highest BCUT2D eigenvalue weighted by Crippen LogP contribution is 2.21. The zero-order chi connectivity index (χ0) is 13.3. The van der Waals surface area contributed by atoms with Crippen molar-refractivity contribution in [2.45, 2.75) is 39.8 Å². The first-order chi connectivity index (χ1) is 8.50. The van der Waals surface area contributed by atoms with E-state index in [1.165, 1.54) is 0 Å². The van der Waals surface area contributed by atoms with Crippen molar-refractivity contribution >= 4 is 16.8 Å². The summed E-state index contributed by atoms with van der Waals surface area (Å²) in [6.45, 7) is 7.75. The lowest BCUT2D eigenvalue weighted by Crippen LogP contribution is -2.36. The maximum atomic E-state index is 12.0. The lowest BCUT2D eigenvalue weighted by atomic mass is 10.2. The van der Waals surface area contributed by atoms with Crippen LogP contribution in [-0.4, -0.2) is 21.7 Å². The monoisotopic (exact) mass is 245 g/mol. The number of carbonyl (C=O) groups is 1. The molecule has 1 aromatic carbocycles. The number of hydrogen-bond donors (Lipinski definition) is 1. The normalized spacial score (nSPS) is 12.9. The van der Waals surface area contributed by atoms with Crippen LogP contribution in [0.5, 0.6) is 0 Å². The van der Waals surface area contributed by atoms with Crippen molar-refractivity contribution in [2.75, 3.05) is 0 Å². The molecule has 2 aromatic rings. The molecule has 1 N–H and O–H groups in total. The minimum atomic E-state index is -0.300. The predicted molar refractivity (Wildman–Crippen MR) is 72.5 cm³/mol. The molecule has 0 spiro atoms. The van der Waals surface area contributed by atoms with Crippen molar-refractivity contribution in [3.8, 4) is 0 Å². The van der Waals surface area contributed by atoms with E-state index in [2.05, 4.69) is 10.4 Å². The minimum absolute atomic E-state index is 0.00162. The Morgan fingerprint density at radius 1 is 1.28 bits per heavy atom. The summed E-state index contributed by atoms with van der Waals surface area (Å²) in [4.78, 5) is 12.0. The third-order valence-electron chi connectivity index (χ3n) is 2.98. The highest BCUT2D eigenvalue weighted by Gasteiger charge is 2.19. The molecule has 0 unspecified atom stereocenters. The van der Waals surface area contributed by atoms with Gasteiger partial charge in [0.2, 0.25) is 5.91 Å². The molecule has 96 valence electrons. The molecule has 0 aliphatic rings. The van der Waals surface area contributed by atoms with Crippen LogP contribution in [0.3, 0.4) is 0 Å². The molecule has 1 heterocycles. The van der Waals surface area contributed by atoms with Gasteiger partial charge < -0.3 is 5.32 Å². The summed E-state index contributed by atoms with van der Waals surface area (Å²) in [5.74, 6) is -0.00162. The van der Waals surface area contributed by atoms with Crippen LogP contribution in [0.15, 0.2) is 24.3 Å². The Morgan fingerprint density at radius 2 is 1.94 bits per heavy atom. The Bertz CT molecular complexity index is 571. The van der Waals surface area contributed by atoms with E-state index in [0.717, 1.165) is 16.6 Å². The highest BCUT2D eigenvalue weighted by atomic mass is 16.2. The SMILES string of the molecule is Cc1nn([C@H](C)C(=O)NC(C)C)c2ccccc12. The van der Waals surface area contributed by atoms with Gasteiger partial charge in [0, 0.05) is 11.4 Å². The number of benzene rings is 1. The Balaban J connectivity index is 2.39. The predicted octanol–water partition coefficient (Wildman–Crippen LogP) is 2.43. The van der Waals surface area contributed by atoms with Gasteiger partial charge in [-0.05, 0) is 33.8 Å². The summed E-state index contributed by atoms with van der Waals surface area (Å²) in [6.07, 6.45) is 0. The molecule has 0 bridgehead atoms. The average molecular weight is 245 g/mol. The van der Waals surface area contributed by atoms with Crippen molar-refractivity contribution in [1.82, 2.24) is 15.1 Å². The molecule has 1 aromatic heterocycles. The first-order valence-corrected chi connectivity index (χ1v) is 6.25. The van der Waals surface area contributed by atoms with Gasteiger partial charge in [0.05, 0.1) is 11.2 Å². The minimum Gasteiger partial charge on any atom is -0.352 e. The Hall–Kier alpha value is -1.84. The molecule has 0 radical (unpaired) electrons. The fourth-order valence-electron chi connectivity index (χ4n) is 2.06. The number of rotatable bonds is 3. The zero-order valence-electron chi connectivity index (χ0n) is 11.3. The van der Waals surface area contributed by atoms with Crippen LogP contribution in [0.2, 0.25) is 0 Å². The summed E-state index contributed by atoms with van der Waals surface area (Å²) >= 11 is 0. The van der Waals surface area contributed by atoms with E-state index >= 15 is 0 Å². The van der Waals surface area contributed by atoms with Crippen LogP contribution in [0.1, 0.15) is 32.5 Å². The molecule has 4 nitrogen and oxygen atoms in total. The maximum absolute atomic E-state index is 12.0. The van der Waals surface area contributed by atoms with Crippen LogP contribution < -0.4 is 5.32 Å². The summed E-state index contributed by atoms with van der Waals surface area (Å²) in [6, 6.07) is 7.82. The topological polar surface area (TPSA) is 46.9 Å². The van der Waals surface area contributed by atoms with Crippen molar-refractivity contribution in [3.05, 3.63) is 30.0 Å². The van der Waals surface area contributed by atoms with Gasteiger partial charge >= 0.3 is 0 Å². The van der Waals surface area contributed by atoms with Gasteiger partial charge in [-0.25, -0.2) is 0 Å². The molecule has 0 aliphatic heterocycles. The molecular weight excluding hydrogens is 226 g/mol. The maximum Gasteiger partial charge on any atom is 0.244 e. The van der Waals surface area contributed by atoms with E-state index in [1.807, 2.05) is 52.0 Å². The largest absolute Gasteiger partial charge is 0.352 e. The number of aromatic nitrogens is 2. The van der Waals surface area contributed by atoms with Crippen molar-refractivity contribution < 1.29 is 4.79 Å². The number of amides is 1. The molecule has 0 aliphatic carbocycles. The molecule has 1 amide bonds. The lowest BCUT2D eigenvalue weighted by Gasteiger charge is -2.15. The van der Waals surface area contributed by atoms with Gasteiger partial charge in [0.15, 0.2) is 0 Å². The number of hydrogen-bond acceptors (Lipinski definition) is 2. The van der Waals surface area contributed by atoms with E-state index in [9.17, 15) is 4.79 Å². The third kappa shape index (κ3) is 2.23. The van der Waals surface area contributed by atoms with Gasteiger partial charge in [-0.1, -0.05) is 18.2 Å². The summed E-state index contributed by atoms with van der Waals surface area (Å²) < 4.78 is 1.79. The van der Waals surface area contributed by atoms with Gasteiger partial charge in [0.25, 0.3) is 0 Å². The number of nitrogens with one attached hydrogen (secondary N) is 1. The van der Waals surface area contributed by atoms with Crippen LogP contribution in [0.25, 0.3) is 10.9 Å². The fraction of sp³-hybridized carbons (Fsp3) is 0.429. The van der Waals surface area contributed by atoms with E-state index in [0.29, 0.717) is 0 Å².